The Hall–Kier alpha value is -8.86. The standard InChI is InChI=1S/C62H39N3O/c1-3-15-42(16-4-1)55-39-56(64-62(63-55)44-17-5-2-6-18-44)43-31-29-40(30-32-43)45-19-13-20-46(37-45)53-38-54-60-48(25-14-28-59(60)66-61(54)52-24-8-7-21-49(52)53)41-33-35-47(36-34-41)65-57-26-11-9-22-50(57)51-23-10-12-27-58(51)65/h1-39H. The van der Waals surface area contributed by atoms with Crippen LogP contribution in [-0.2, 0) is 0 Å². The fraction of sp³-hybridized carbons (Fsp3) is 0. The number of furan rings is 1. The molecule has 66 heavy (non-hydrogen) atoms. The summed E-state index contributed by atoms with van der Waals surface area (Å²) >= 11 is 0. The van der Waals surface area contributed by atoms with Crippen molar-refractivity contribution in [3.05, 3.63) is 237 Å². The molecule has 10 aromatic carbocycles. The molecule has 0 N–H and O–H groups in total. The van der Waals surface area contributed by atoms with Gasteiger partial charge in [-0.1, -0.05) is 188 Å². The van der Waals surface area contributed by atoms with Crippen LogP contribution in [0.25, 0.3) is 127 Å². The minimum absolute atomic E-state index is 0.707. The highest BCUT2D eigenvalue weighted by atomic mass is 16.3. The summed E-state index contributed by atoms with van der Waals surface area (Å²) < 4.78 is 9.16. The van der Waals surface area contributed by atoms with E-state index in [0.717, 1.165) is 94.3 Å². The van der Waals surface area contributed by atoms with Crippen LogP contribution in [0.3, 0.4) is 0 Å². The van der Waals surface area contributed by atoms with Crippen LogP contribution in [-0.4, -0.2) is 14.5 Å². The Kier molecular flexibility index (Phi) is 8.81. The van der Waals surface area contributed by atoms with Crippen molar-refractivity contribution in [2.45, 2.75) is 0 Å². The predicted molar refractivity (Wildman–Crippen MR) is 274 cm³/mol. The summed E-state index contributed by atoms with van der Waals surface area (Å²) in [7, 11) is 0. The number of hydrogen-bond acceptors (Lipinski definition) is 3. The van der Waals surface area contributed by atoms with Gasteiger partial charge in [-0.15, -0.1) is 0 Å². The van der Waals surface area contributed by atoms with Gasteiger partial charge in [0.05, 0.1) is 22.4 Å². The third-order valence-electron chi connectivity index (χ3n) is 13.0. The monoisotopic (exact) mass is 841 g/mol. The molecule has 0 bridgehead atoms. The SMILES string of the molecule is c1ccc(-c2cc(-c3ccc(-c4cccc(-c5cc6c(oc7cccc(-c8ccc(-n9c%10ccccc%10c%10ccccc%109)cc8)c76)c6ccccc56)c4)cc3)nc(-c3ccccc3)n2)cc1. The molecule has 0 aliphatic rings. The predicted octanol–water partition coefficient (Wildman–Crippen LogP) is 16.6. The highest BCUT2D eigenvalue weighted by Gasteiger charge is 2.19. The summed E-state index contributed by atoms with van der Waals surface area (Å²) in [5.41, 5.74) is 17.0. The first-order chi connectivity index (χ1) is 32.7. The Bertz CT molecular complexity index is 3850. The third kappa shape index (κ3) is 6.30. The zero-order valence-corrected chi connectivity index (χ0v) is 35.8. The maximum atomic E-state index is 6.79. The molecule has 3 heterocycles. The topological polar surface area (TPSA) is 43.9 Å². The Morgan fingerprint density at radius 3 is 1.55 bits per heavy atom. The fourth-order valence-electron chi connectivity index (χ4n) is 9.89. The summed E-state index contributed by atoms with van der Waals surface area (Å²) in [6.45, 7) is 0. The van der Waals surface area contributed by atoms with E-state index < -0.39 is 0 Å². The average Bonchev–Trinajstić information content (AvgIpc) is 3.95. The number of para-hydroxylation sites is 2. The van der Waals surface area contributed by atoms with E-state index in [4.69, 9.17) is 14.4 Å². The van der Waals surface area contributed by atoms with Crippen molar-refractivity contribution in [3.8, 4) is 73.0 Å². The van der Waals surface area contributed by atoms with E-state index in [1.54, 1.807) is 0 Å². The van der Waals surface area contributed by atoms with E-state index in [1.165, 1.54) is 27.4 Å². The second-order valence-electron chi connectivity index (χ2n) is 16.9. The van der Waals surface area contributed by atoms with Crippen molar-refractivity contribution in [3.63, 3.8) is 0 Å². The van der Waals surface area contributed by atoms with E-state index in [0.29, 0.717) is 5.82 Å². The zero-order chi connectivity index (χ0) is 43.6. The first kappa shape index (κ1) is 37.7. The van der Waals surface area contributed by atoms with Gasteiger partial charge in [-0.3, -0.25) is 0 Å². The molecule has 3 aromatic heterocycles. The van der Waals surface area contributed by atoms with E-state index in [-0.39, 0.29) is 0 Å². The van der Waals surface area contributed by atoms with Crippen LogP contribution in [0, 0.1) is 0 Å². The molecule has 4 nitrogen and oxygen atoms in total. The number of rotatable bonds is 7. The van der Waals surface area contributed by atoms with Gasteiger partial charge < -0.3 is 8.98 Å². The molecule has 0 fully saturated rings. The summed E-state index contributed by atoms with van der Waals surface area (Å²) in [5.74, 6) is 0.707. The van der Waals surface area contributed by atoms with Crippen LogP contribution in [0.4, 0.5) is 0 Å². The molecule has 0 saturated carbocycles. The van der Waals surface area contributed by atoms with Crippen LogP contribution in [0.5, 0.6) is 0 Å². The van der Waals surface area contributed by atoms with Crippen LogP contribution in [0.2, 0.25) is 0 Å². The van der Waals surface area contributed by atoms with Gasteiger partial charge in [0.1, 0.15) is 11.2 Å². The minimum Gasteiger partial charge on any atom is -0.455 e. The van der Waals surface area contributed by atoms with Crippen molar-refractivity contribution in [1.82, 2.24) is 14.5 Å². The maximum Gasteiger partial charge on any atom is 0.160 e. The average molecular weight is 842 g/mol. The summed E-state index contributed by atoms with van der Waals surface area (Å²) in [6.07, 6.45) is 0. The molecule has 0 unspecified atom stereocenters. The lowest BCUT2D eigenvalue weighted by atomic mass is 9.92. The highest BCUT2D eigenvalue weighted by Crippen LogP contribution is 2.44. The molecule has 0 atom stereocenters. The summed E-state index contributed by atoms with van der Waals surface area (Å²) in [6, 6.07) is 83.9. The maximum absolute atomic E-state index is 6.79. The normalized spacial score (nSPS) is 11.6. The lowest BCUT2D eigenvalue weighted by molar-refractivity contribution is 0.673. The number of aromatic nitrogens is 3. The first-order valence-electron chi connectivity index (χ1n) is 22.4. The molecule has 0 aliphatic heterocycles. The second kappa shape index (κ2) is 15.4. The van der Waals surface area contributed by atoms with E-state index in [1.807, 2.05) is 36.4 Å². The van der Waals surface area contributed by atoms with Gasteiger partial charge in [0.15, 0.2) is 5.82 Å². The van der Waals surface area contributed by atoms with E-state index in [2.05, 4.69) is 205 Å². The van der Waals surface area contributed by atoms with Crippen molar-refractivity contribution >= 4 is 54.5 Å². The smallest absolute Gasteiger partial charge is 0.160 e. The van der Waals surface area contributed by atoms with Crippen molar-refractivity contribution in [2.75, 3.05) is 0 Å². The number of nitrogens with zero attached hydrogens (tertiary/aromatic N) is 3. The van der Waals surface area contributed by atoms with Gasteiger partial charge >= 0.3 is 0 Å². The van der Waals surface area contributed by atoms with Gasteiger partial charge in [-0.05, 0) is 87.3 Å². The molecule has 13 aromatic rings. The van der Waals surface area contributed by atoms with Crippen LogP contribution >= 0.6 is 0 Å². The van der Waals surface area contributed by atoms with Gasteiger partial charge in [0.2, 0.25) is 0 Å². The van der Waals surface area contributed by atoms with Crippen LogP contribution < -0.4 is 0 Å². The van der Waals surface area contributed by atoms with Crippen molar-refractivity contribution < 1.29 is 4.42 Å². The number of fused-ring (bicyclic) bond motifs is 8. The quantitative estimate of drug-likeness (QED) is 0.161. The van der Waals surface area contributed by atoms with Crippen molar-refractivity contribution in [2.24, 2.45) is 0 Å². The minimum atomic E-state index is 0.707. The molecule has 0 radical (unpaired) electrons. The fourth-order valence-corrected chi connectivity index (χ4v) is 9.89. The zero-order valence-electron chi connectivity index (χ0n) is 35.8. The summed E-state index contributed by atoms with van der Waals surface area (Å²) in [5, 5.41) is 6.98. The molecule has 0 aliphatic carbocycles. The lowest BCUT2D eigenvalue weighted by Crippen LogP contribution is -1.95. The number of benzene rings is 10. The summed E-state index contributed by atoms with van der Waals surface area (Å²) in [4.78, 5) is 10.1. The van der Waals surface area contributed by atoms with Crippen LogP contribution in [0.15, 0.2) is 241 Å². The Labute approximate surface area is 381 Å². The molecular weight excluding hydrogens is 803 g/mol. The Morgan fingerprint density at radius 1 is 0.318 bits per heavy atom. The first-order valence-corrected chi connectivity index (χ1v) is 22.4. The van der Waals surface area contributed by atoms with Gasteiger partial charge in [0.25, 0.3) is 0 Å². The Morgan fingerprint density at radius 2 is 0.848 bits per heavy atom. The molecule has 0 spiro atoms. The molecule has 308 valence electrons. The second-order valence-corrected chi connectivity index (χ2v) is 16.9. The van der Waals surface area contributed by atoms with Gasteiger partial charge in [-0.25, -0.2) is 9.97 Å². The molecule has 0 saturated heterocycles. The highest BCUT2D eigenvalue weighted by molar-refractivity contribution is 6.22. The van der Waals surface area contributed by atoms with Gasteiger partial charge in [0, 0.05) is 49.3 Å². The number of hydrogen-bond donors (Lipinski definition) is 0. The third-order valence-corrected chi connectivity index (χ3v) is 13.0. The van der Waals surface area contributed by atoms with Crippen molar-refractivity contribution in [1.29, 1.82) is 0 Å². The molecule has 4 heteroatoms. The van der Waals surface area contributed by atoms with Gasteiger partial charge in [-0.2, -0.15) is 0 Å². The molecule has 13 rings (SSSR count). The largest absolute Gasteiger partial charge is 0.455 e. The van der Waals surface area contributed by atoms with E-state index >= 15 is 0 Å². The Balaban J connectivity index is 0.888. The lowest BCUT2D eigenvalue weighted by Gasteiger charge is -2.12. The molecular formula is C62H39N3O. The van der Waals surface area contributed by atoms with E-state index in [9.17, 15) is 0 Å². The molecule has 0 amide bonds. The van der Waals surface area contributed by atoms with Crippen LogP contribution in [0.1, 0.15) is 0 Å².